The number of nitrogens with one attached hydrogen (secondary N) is 1. The topological polar surface area (TPSA) is 52.5 Å². The van der Waals surface area contributed by atoms with Gasteiger partial charge in [0.1, 0.15) is 0 Å². The summed E-state index contributed by atoms with van der Waals surface area (Å²) in [6.45, 7) is 0. The third-order valence-corrected chi connectivity index (χ3v) is 1.59. The van der Waals surface area contributed by atoms with Gasteiger partial charge >= 0.3 is 18.5 Å². The molecule has 0 aromatic heterocycles. The van der Waals surface area contributed by atoms with Crippen LogP contribution >= 0.6 is 0 Å². The summed E-state index contributed by atoms with van der Waals surface area (Å²) in [7, 11) is 0. The number of anilines is 1. The van der Waals surface area contributed by atoms with Gasteiger partial charge < -0.3 is 5.11 Å². The van der Waals surface area contributed by atoms with Gasteiger partial charge in [0.15, 0.2) is 0 Å². The van der Waals surface area contributed by atoms with Gasteiger partial charge in [-0.2, -0.15) is 17.6 Å². The number of para-hydroxylation sites is 1. The Hall–Kier alpha value is -1.48. The Morgan fingerprint density at radius 1 is 1.00 bits per heavy atom. The molecule has 0 aliphatic heterocycles. The van der Waals surface area contributed by atoms with Crippen molar-refractivity contribution < 1.29 is 36.7 Å². The van der Waals surface area contributed by atoms with Crippen LogP contribution in [0.2, 0.25) is 0 Å². The molecule has 0 fully saturated rings. The highest BCUT2D eigenvalue weighted by Gasteiger charge is 2.62. The van der Waals surface area contributed by atoms with Crippen LogP contribution in [0.25, 0.3) is 0 Å². The molecule has 1 unspecified atom stereocenters. The summed E-state index contributed by atoms with van der Waals surface area (Å²) in [6, 6.07) is 9.14. The van der Waals surface area contributed by atoms with Crippen molar-refractivity contribution in [2.45, 2.75) is 18.5 Å². The minimum Gasteiger partial charge on any atom is -0.350 e. The van der Waals surface area contributed by atoms with E-state index < -0.39 is 18.5 Å². The van der Waals surface area contributed by atoms with E-state index in [1.54, 1.807) is 12.1 Å². The Morgan fingerprint density at radius 2 is 1.44 bits per heavy atom. The van der Waals surface area contributed by atoms with Gasteiger partial charge in [0, 0.05) is 0 Å². The molecule has 0 spiro atoms. The zero-order valence-corrected chi connectivity index (χ0v) is 8.63. The largest absolute Gasteiger partial charge is 0.454 e. The quantitative estimate of drug-likeness (QED) is 0.575. The zero-order valence-electron chi connectivity index (χ0n) is 8.63. The summed E-state index contributed by atoms with van der Waals surface area (Å²) >= 11 is 0. The van der Waals surface area contributed by atoms with Crippen LogP contribution in [0.5, 0.6) is 0 Å². The molecule has 0 saturated carbocycles. The summed E-state index contributed by atoms with van der Waals surface area (Å²) in [5.41, 5.74) is 2.74. The SMILES string of the molecule is OC(F)(C(F)F)C(F)(F)F.ONc1ccccc1. The molecule has 1 rings (SSSR count). The molecule has 0 bridgehead atoms. The first kappa shape index (κ1) is 16.5. The van der Waals surface area contributed by atoms with Gasteiger partial charge in [-0.25, -0.2) is 8.78 Å². The van der Waals surface area contributed by atoms with Crippen LogP contribution in [0.1, 0.15) is 0 Å². The van der Waals surface area contributed by atoms with E-state index in [0.29, 0.717) is 5.69 Å². The molecule has 3 nitrogen and oxygen atoms in total. The molecule has 0 heterocycles. The van der Waals surface area contributed by atoms with Crippen LogP contribution in [-0.2, 0) is 0 Å². The lowest BCUT2D eigenvalue weighted by atomic mass is 10.3. The highest BCUT2D eigenvalue weighted by molar-refractivity contribution is 5.39. The lowest BCUT2D eigenvalue weighted by molar-refractivity contribution is -0.352. The van der Waals surface area contributed by atoms with Crippen molar-refractivity contribution in [3.63, 3.8) is 0 Å². The summed E-state index contributed by atoms with van der Waals surface area (Å²) in [4.78, 5) is 0. The van der Waals surface area contributed by atoms with E-state index in [-0.39, 0.29) is 0 Å². The van der Waals surface area contributed by atoms with E-state index in [1.807, 2.05) is 23.7 Å². The monoisotopic (exact) mass is 277 g/mol. The van der Waals surface area contributed by atoms with Crippen molar-refractivity contribution in [2.75, 3.05) is 5.48 Å². The fourth-order valence-corrected chi connectivity index (χ4v) is 0.636. The predicted molar refractivity (Wildman–Crippen MR) is 50.0 cm³/mol. The summed E-state index contributed by atoms with van der Waals surface area (Å²) in [6.07, 6.45) is -10.4. The van der Waals surface area contributed by atoms with E-state index in [4.69, 9.17) is 10.3 Å². The minimum absolute atomic E-state index is 0.715. The van der Waals surface area contributed by atoms with Gasteiger partial charge in [-0.3, -0.25) is 10.7 Å². The second-order valence-corrected chi connectivity index (χ2v) is 2.95. The van der Waals surface area contributed by atoms with Gasteiger partial charge in [-0.05, 0) is 12.1 Å². The second-order valence-electron chi connectivity index (χ2n) is 2.95. The first-order valence-corrected chi connectivity index (χ1v) is 4.34. The molecule has 18 heavy (non-hydrogen) atoms. The van der Waals surface area contributed by atoms with Crippen LogP contribution in [0, 0.1) is 0 Å². The van der Waals surface area contributed by atoms with E-state index in [2.05, 4.69) is 0 Å². The first-order chi connectivity index (χ1) is 8.13. The van der Waals surface area contributed by atoms with Crippen molar-refractivity contribution in [1.29, 1.82) is 0 Å². The van der Waals surface area contributed by atoms with E-state index in [0.717, 1.165) is 0 Å². The summed E-state index contributed by atoms with van der Waals surface area (Å²) in [5, 5.41) is 15.7. The minimum atomic E-state index is -5.94. The Kier molecular flexibility index (Phi) is 5.92. The van der Waals surface area contributed by atoms with E-state index >= 15 is 0 Å². The molecular formula is C9H9F6NO2. The molecule has 0 saturated heterocycles. The van der Waals surface area contributed by atoms with Gasteiger partial charge in [0.25, 0.3) is 0 Å². The molecule has 104 valence electrons. The third kappa shape index (κ3) is 4.80. The second kappa shape index (κ2) is 6.45. The lowest BCUT2D eigenvalue weighted by Gasteiger charge is -2.20. The van der Waals surface area contributed by atoms with Gasteiger partial charge in [-0.1, -0.05) is 18.2 Å². The van der Waals surface area contributed by atoms with Crippen molar-refractivity contribution >= 4 is 5.69 Å². The average Bonchev–Trinajstić information content (AvgIpc) is 2.29. The maximum Gasteiger partial charge on any atom is 0.454 e. The smallest absolute Gasteiger partial charge is 0.350 e. The highest BCUT2D eigenvalue weighted by atomic mass is 19.4. The number of rotatable bonds is 2. The van der Waals surface area contributed by atoms with E-state index in [1.165, 1.54) is 0 Å². The van der Waals surface area contributed by atoms with Crippen molar-refractivity contribution in [2.24, 2.45) is 0 Å². The van der Waals surface area contributed by atoms with Crippen molar-refractivity contribution in [3.8, 4) is 0 Å². The van der Waals surface area contributed by atoms with Crippen LogP contribution in [0.4, 0.5) is 32.0 Å². The molecule has 0 aliphatic rings. The zero-order chi connectivity index (χ0) is 14.4. The normalized spacial score (nSPS) is 14.5. The van der Waals surface area contributed by atoms with Crippen LogP contribution in [-0.4, -0.2) is 28.8 Å². The summed E-state index contributed by atoms with van der Waals surface area (Å²) < 4.78 is 66.3. The number of hydrogen-bond donors (Lipinski definition) is 3. The number of aliphatic hydroxyl groups is 1. The molecule has 0 radical (unpaired) electrons. The van der Waals surface area contributed by atoms with Gasteiger partial charge in [-0.15, -0.1) is 0 Å². The maximum absolute atomic E-state index is 11.4. The van der Waals surface area contributed by atoms with Crippen molar-refractivity contribution in [3.05, 3.63) is 30.3 Å². The predicted octanol–water partition coefficient (Wildman–Crippen LogP) is 2.96. The molecule has 1 atom stereocenters. The van der Waals surface area contributed by atoms with E-state index in [9.17, 15) is 26.3 Å². The van der Waals surface area contributed by atoms with Gasteiger partial charge in [0.2, 0.25) is 0 Å². The molecule has 0 amide bonds. The first-order valence-electron chi connectivity index (χ1n) is 4.34. The maximum atomic E-state index is 11.4. The van der Waals surface area contributed by atoms with Crippen LogP contribution in [0.15, 0.2) is 30.3 Å². The fraction of sp³-hybridized carbons (Fsp3) is 0.333. The number of halogens is 6. The number of benzene rings is 1. The molecule has 0 aliphatic carbocycles. The third-order valence-electron chi connectivity index (χ3n) is 1.59. The van der Waals surface area contributed by atoms with Crippen LogP contribution in [0.3, 0.4) is 0 Å². The number of alkyl halides is 6. The Morgan fingerprint density at radius 3 is 1.61 bits per heavy atom. The average molecular weight is 277 g/mol. The standard InChI is InChI=1S/C6H7NO.C3H2F6O/c8-7-6-4-2-1-3-5-6;4-1(5)2(6,10)3(7,8)9/h1-5,7-8H;1,10H. The lowest BCUT2D eigenvalue weighted by Crippen LogP contribution is -2.47. The molecular weight excluding hydrogens is 268 g/mol. The fourth-order valence-electron chi connectivity index (χ4n) is 0.636. The molecule has 1 aromatic rings. The Bertz CT molecular complexity index is 341. The molecule has 1 aromatic carbocycles. The summed E-state index contributed by atoms with van der Waals surface area (Å²) in [5.74, 6) is -5.40. The van der Waals surface area contributed by atoms with Gasteiger partial charge in [0.05, 0.1) is 5.69 Å². The molecule has 3 N–H and O–H groups in total. The highest BCUT2D eigenvalue weighted by Crippen LogP contribution is 2.36. The number of hydrogen-bond acceptors (Lipinski definition) is 3. The molecule has 9 heteroatoms. The van der Waals surface area contributed by atoms with Crippen molar-refractivity contribution in [1.82, 2.24) is 0 Å². The Balaban J connectivity index is 0.000000327. The van der Waals surface area contributed by atoms with Crippen LogP contribution < -0.4 is 5.48 Å². The Labute approximate surface area is 97.6 Å².